The van der Waals surface area contributed by atoms with Crippen LogP contribution in [0.15, 0.2) is 36.4 Å². The molecule has 1 heterocycles. The average Bonchev–Trinajstić information content (AvgIpc) is 3.05. The molecule has 26 heavy (non-hydrogen) atoms. The molecule has 8 heteroatoms. The highest BCUT2D eigenvalue weighted by Crippen LogP contribution is 2.16. The van der Waals surface area contributed by atoms with Gasteiger partial charge < -0.3 is 15.4 Å². The zero-order valence-electron chi connectivity index (χ0n) is 14.4. The van der Waals surface area contributed by atoms with E-state index in [4.69, 9.17) is 16.3 Å². The molecule has 138 valence electrons. The van der Waals surface area contributed by atoms with E-state index in [1.54, 1.807) is 30.3 Å². The summed E-state index contributed by atoms with van der Waals surface area (Å²) in [4.78, 5) is 36.9. The Labute approximate surface area is 160 Å². The van der Waals surface area contributed by atoms with E-state index in [1.165, 1.54) is 11.3 Å². The van der Waals surface area contributed by atoms with E-state index in [0.717, 1.165) is 10.4 Å². The molecule has 1 unspecified atom stereocenters. The number of hydrogen-bond donors (Lipinski definition) is 2. The number of carbonyl (C=O) groups is 3. The smallest absolute Gasteiger partial charge is 0.325 e. The molecule has 6 nitrogen and oxygen atoms in total. The van der Waals surface area contributed by atoms with Crippen LogP contribution in [0.5, 0.6) is 0 Å². The van der Waals surface area contributed by atoms with Crippen molar-refractivity contribution in [2.24, 2.45) is 0 Å². The molecule has 2 N–H and O–H groups in total. The van der Waals surface area contributed by atoms with E-state index < -0.39 is 18.5 Å². The van der Waals surface area contributed by atoms with Crippen molar-refractivity contribution in [3.05, 3.63) is 56.7 Å². The predicted octanol–water partition coefficient (Wildman–Crippen LogP) is 2.86. The molecular formula is C18H19ClN2O4S. The van der Waals surface area contributed by atoms with Crippen molar-refractivity contribution in [1.29, 1.82) is 0 Å². The van der Waals surface area contributed by atoms with E-state index in [2.05, 4.69) is 10.6 Å². The lowest BCUT2D eigenvalue weighted by Gasteiger charge is -2.14. The number of ether oxygens (including phenoxy) is 1. The SMILES string of the molecule is Cc1ccc(C(=O)NCC(=O)OCC(=O)NC(C)c2ccc(Cl)cc2)s1. The second kappa shape index (κ2) is 9.35. The fraction of sp³-hybridized carbons (Fsp3) is 0.278. The van der Waals surface area contributed by atoms with Gasteiger partial charge in [0.2, 0.25) is 0 Å². The molecule has 0 aliphatic heterocycles. The van der Waals surface area contributed by atoms with Gasteiger partial charge in [-0.05, 0) is 43.7 Å². The Hall–Kier alpha value is -2.38. The largest absolute Gasteiger partial charge is 0.454 e. The number of amides is 2. The van der Waals surface area contributed by atoms with E-state index in [1.807, 2.05) is 19.9 Å². The van der Waals surface area contributed by atoms with Crippen LogP contribution in [0.3, 0.4) is 0 Å². The van der Waals surface area contributed by atoms with Crippen LogP contribution < -0.4 is 10.6 Å². The van der Waals surface area contributed by atoms with Gasteiger partial charge in [0, 0.05) is 9.90 Å². The van der Waals surface area contributed by atoms with Gasteiger partial charge in [0.25, 0.3) is 11.8 Å². The predicted molar refractivity (Wildman–Crippen MR) is 100 cm³/mol. The van der Waals surface area contributed by atoms with Crippen LogP contribution in [0, 0.1) is 6.92 Å². The van der Waals surface area contributed by atoms with E-state index in [0.29, 0.717) is 9.90 Å². The molecule has 0 fully saturated rings. The second-order valence-corrected chi connectivity index (χ2v) is 7.32. The minimum Gasteiger partial charge on any atom is -0.454 e. The fourth-order valence-electron chi connectivity index (χ4n) is 2.11. The highest BCUT2D eigenvalue weighted by Gasteiger charge is 2.14. The Balaban J connectivity index is 1.70. The first kappa shape index (κ1) is 19.9. The summed E-state index contributed by atoms with van der Waals surface area (Å²) < 4.78 is 4.87. The van der Waals surface area contributed by atoms with Gasteiger partial charge in [0.15, 0.2) is 6.61 Å². The normalized spacial score (nSPS) is 11.5. The number of esters is 1. The monoisotopic (exact) mass is 394 g/mol. The number of benzene rings is 1. The molecule has 0 radical (unpaired) electrons. The molecule has 0 spiro atoms. The molecule has 0 saturated carbocycles. The lowest BCUT2D eigenvalue weighted by molar-refractivity contribution is -0.147. The molecule has 2 rings (SSSR count). The molecule has 2 aromatic rings. The average molecular weight is 395 g/mol. The molecular weight excluding hydrogens is 376 g/mol. The minimum atomic E-state index is -0.680. The van der Waals surface area contributed by atoms with Gasteiger partial charge in [0.05, 0.1) is 10.9 Å². The summed E-state index contributed by atoms with van der Waals surface area (Å²) in [6, 6.07) is 10.3. The summed E-state index contributed by atoms with van der Waals surface area (Å²) in [6.07, 6.45) is 0. The van der Waals surface area contributed by atoms with Crippen molar-refractivity contribution in [2.75, 3.05) is 13.2 Å². The third-order valence-electron chi connectivity index (χ3n) is 3.47. The highest BCUT2D eigenvalue weighted by atomic mass is 35.5. The third-order valence-corrected chi connectivity index (χ3v) is 4.72. The van der Waals surface area contributed by atoms with Gasteiger partial charge in [-0.15, -0.1) is 11.3 Å². The Bertz CT molecular complexity index is 789. The van der Waals surface area contributed by atoms with Crippen LogP contribution in [0.4, 0.5) is 0 Å². The summed E-state index contributed by atoms with van der Waals surface area (Å²) in [5, 5.41) is 5.79. The fourth-order valence-corrected chi connectivity index (χ4v) is 3.02. The molecule has 0 saturated heterocycles. The zero-order valence-corrected chi connectivity index (χ0v) is 15.9. The molecule has 0 aliphatic carbocycles. The lowest BCUT2D eigenvalue weighted by Crippen LogP contribution is -2.34. The molecule has 2 amide bonds. The zero-order chi connectivity index (χ0) is 19.1. The van der Waals surface area contributed by atoms with Gasteiger partial charge in [-0.1, -0.05) is 23.7 Å². The molecule has 0 aliphatic rings. The van der Waals surface area contributed by atoms with Gasteiger partial charge in [-0.3, -0.25) is 14.4 Å². The van der Waals surface area contributed by atoms with Crippen molar-refractivity contribution in [1.82, 2.24) is 10.6 Å². The van der Waals surface area contributed by atoms with Gasteiger partial charge in [0.1, 0.15) is 6.54 Å². The van der Waals surface area contributed by atoms with Crippen molar-refractivity contribution in [3.63, 3.8) is 0 Å². The van der Waals surface area contributed by atoms with Gasteiger partial charge in [-0.2, -0.15) is 0 Å². The summed E-state index contributed by atoms with van der Waals surface area (Å²) in [5.41, 5.74) is 0.882. The van der Waals surface area contributed by atoms with Gasteiger partial charge in [-0.25, -0.2) is 0 Å². The molecule has 1 atom stereocenters. The highest BCUT2D eigenvalue weighted by molar-refractivity contribution is 7.13. The third kappa shape index (κ3) is 6.16. The molecule has 1 aromatic heterocycles. The first-order chi connectivity index (χ1) is 12.3. The second-order valence-electron chi connectivity index (χ2n) is 5.59. The Kier molecular flexibility index (Phi) is 7.17. The summed E-state index contributed by atoms with van der Waals surface area (Å²) >= 11 is 7.16. The molecule has 0 bridgehead atoms. The van der Waals surface area contributed by atoms with Crippen molar-refractivity contribution >= 4 is 40.7 Å². The summed E-state index contributed by atoms with van der Waals surface area (Å²) in [7, 11) is 0. The number of aryl methyl sites for hydroxylation is 1. The maximum absolute atomic E-state index is 11.9. The number of halogens is 1. The van der Waals surface area contributed by atoms with Crippen molar-refractivity contribution in [2.45, 2.75) is 19.9 Å². The first-order valence-corrected chi connectivity index (χ1v) is 9.09. The maximum atomic E-state index is 11.9. The Morgan fingerprint density at radius 2 is 1.85 bits per heavy atom. The Morgan fingerprint density at radius 3 is 2.46 bits per heavy atom. The summed E-state index contributed by atoms with van der Waals surface area (Å²) in [5.74, 6) is -1.46. The van der Waals surface area contributed by atoms with E-state index in [9.17, 15) is 14.4 Å². The van der Waals surface area contributed by atoms with E-state index >= 15 is 0 Å². The van der Waals surface area contributed by atoms with Crippen LogP contribution in [0.25, 0.3) is 0 Å². The van der Waals surface area contributed by atoms with Crippen LogP contribution >= 0.6 is 22.9 Å². The standard InChI is InChI=1S/C18H19ClN2O4S/c1-11-3-8-15(26-11)18(24)20-9-17(23)25-10-16(22)21-12(2)13-4-6-14(19)7-5-13/h3-8,12H,9-10H2,1-2H3,(H,20,24)(H,21,22). The van der Waals surface area contributed by atoms with Crippen LogP contribution in [0.2, 0.25) is 5.02 Å². The first-order valence-electron chi connectivity index (χ1n) is 7.90. The van der Waals surface area contributed by atoms with Crippen molar-refractivity contribution < 1.29 is 19.1 Å². The van der Waals surface area contributed by atoms with Crippen LogP contribution in [-0.4, -0.2) is 30.9 Å². The number of rotatable bonds is 7. The van der Waals surface area contributed by atoms with Crippen LogP contribution in [0.1, 0.15) is 33.1 Å². The summed E-state index contributed by atoms with van der Waals surface area (Å²) in [6.45, 7) is 2.99. The van der Waals surface area contributed by atoms with E-state index in [-0.39, 0.29) is 18.5 Å². The number of thiophene rings is 1. The molecule has 1 aromatic carbocycles. The minimum absolute atomic E-state index is 0.250. The number of nitrogens with one attached hydrogen (secondary N) is 2. The topological polar surface area (TPSA) is 84.5 Å². The number of hydrogen-bond acceptors (Lipinski definition) is 5. The number of carbonyl (C=O) groups excluding carboxylic acids is 3. The Morgan fingerprint density at radius 1 is 1.15 bits per heavy atom. The van der Waals surface area contributed by atoms with Gasteiger partial charge >= 0.3 is 5.97 Å². The van der Waals surface area contributed by atoms with Crippen molar-refractivity contribution in [3.8, 4) is 0 Å². The maximum Gasteiger partial charge on any atom is 0.325 e. The lowest BCUT2D eigenvalue weighted by atomic mass is 10.1. The van der Waals surface area contributed by atoms with Crippen LogP contribution in [-0.2, 0) is 14.3 Å². The quantitative estimate of drug-likeness (QED) is 0.707.